The second kappa shape index (κ2) is 7.80. The Balaban J connectivity index is 1.65. The summed E-state index contributed by atoms with van der Waals surface area (Å²) in [4.78, 5) is 0. The fourth-order valence-electron chi connectivity index (χ4n) is 3.98. The van der Waals surface area contributed by atoms with Crippen LogP contribution in [0.4, 0.5) is 17.1 Å². The molecular weight excluding hydrogens is 360 g/mol. The summed E-state index contributed by atoms with van der Waals surface area (Å²) < 4.78 is 1.74. The van der Waals surface area contributed by atoms with Crippen molar-refractivity contribution in [2.75, 3.05) is 10.6 Å². The third-order valence-corrected chi connectivity index (χ3v) is 5.45. The Morgan fingerprint density at radius 1 is 1.28 bits per heavy atom. The molecule has 0 amide bonds. The number of aryl methyl sites for hydroxylation is 3. The number of rotatable bonds is 5. The number of hydrogen-bond donors (Lipinski definition) is 3. The van der Waals surface area contributed by atoms with E-state index >= 15 is 0 Å². The van der Waals surface area contributed by atoms with Crippen LogP contribution in [0.3, 0.4) is 0 Å². The van der Waals surface area contributed by atoms with Crippen LogP contribution in [-0.4, -0.2) is 16.0 Å². The Morgan fingerprint density at radius 3 is 2.86 bits per heavy atom. The molecule has 1 atom stereocenters. The SMILES string of the molecule is Cc1cc(C=N)c(Nc2cnn(C)c2)cc1NC1CCCc2cc(C#N)ccc21. The molecule has 4 rings (SSSR count). The van der Waals surface area contributed by atoms with Gasteiger partial charge in [0.05, 0.1) is 29.6 Å². The van der Waals surface area contributed by atoms with Crippen molar-refractivity contribution in [1.82, 2.24) is 9.78 Å². The maximum Gasteiger partial charge on any atom is 0.0991 e. The lowest BCUT2D eigenvalue weighted by molar-refractivity contribution is 0.600. The molecule has 1 aliphatic carbocycles. The van der Waals surface area contributed by atoms with E-state index in [0.29, 0.717) is 0 Å². The minimum absolute atomic E-state index is 0.210. The molecular formula is C23H24N6. The molecule has 0 spiro atoms. The predicted octanol–water partition coefficient (Wildman–Crippen LogP) is 4.83. The van der Waals surface area contributed by atoms with Gasteiger partial charge in [0, 0.05) is 36.4 Å². The summed E-state index contributed by atoms with van der Waals surface area (Å²) in [5.74, 6) is 0. The van der Waals surface area contributed by atoms with E-state index in [4.69, 9.17) is 5.41 Å². The fraction of sp³-hybridized carbons (Fsp3) is 0.261. The van der Waals surface area contributed by atoms with Gasteiger partial charge in [-0.25, -0.2) is 0 Å². The number of benzene rings is 2. The average molecular weight is 384 g/mol. The van der Waals surface area contributed by atoms with E-state index < -0.39 is 0 Å². The van der Waals surface area contributed by atoms with Crippen LogP contribution in [0, 0.1) is 23.7 Å². The molecule has 1 heterocycles. The fourth-order valence-corrected chi connectivity index (χ4v) is 3.98. The van der Waals surface area contributed by atoms with Crippen molar-refractivity contribution < 1.29 is 0 Å². The van der Waals surface area contributed by atoms with Gasteiger partial charge in [-0.1, -0.05) is 6.07 Å². The van der Waals surface area contributed by atoms with E-state index in [9.17, 15) is 5.26 Å². The quantitative estimate of drug-likeness (QED) is 0.550. The first-order valence-electron chi connectivity index (χ1n) is 9.77. The molecule has 1 aromatic heterocycles. The van der Waals surface area contributed by atoms with Gasteiger partial charge in [0.25, 0.3) is 0 Å². The Kier molecular flexibility index (Phi) is 5.05. The van der Waals surface area contributed by atoms with Crippen molar-refractivity contribution in [3.63, 3.8) is 0 Å². The topological polar surface area (TPSA) is 89.5 Å². The van der Waals surface area contributed by atoms with Crippen molar-refractivity contribution in [3.05, 3.63) is 70.5 Å². The predicted molar refractivity (Wildman–Crippen MR) is 116 cm³/mol. The second-order valence-corrected chi connectivity index (χ2v) is 7.54. The molecule has 1 unspecified atom stereocenters. The van der Waals surface area contributed by atoms with Crippen LogP contribution < -0.4 is 10.6 Å². The molecule has 0 bridgehead atoms. The zero-order valence-corrected chi connectivity index (χ0v) is 16.7. The minimum atomic E-state index is 0.210. The molecule has 2 aromatic carbocycles. The van der Waals surface area contributed by atoms with E-state index in [1.54, 1.807) is 10.9 Å². The van der Waals surface area contributed by atoms with E-state index in [0.717, 1.165) is 53.0 Å². The molecule has 6 heteroatoms. The number of anilines is 3. The maximum absolute atomic E-state index is 9.18. The van der Waals surface area contributed by atoms with Gasteiger partial charge in [-0.2, -0.15) is 10.4 Å². The molecule has 29 heavy (non-hydrogen) atoms. The van der Waals surface area contributed by atoms with E-state index in [1.165, 1.54) is 17.3 Å². The first kappa shape index (κ1) is 18.8. The molecule has 0 saturated carbocycles. The lowest BCUT2D eigenvalue weighted by Gasteiger charge is -2.28. The Morgan fingerprint density at radius 2 is 2.14 bits per heavy atom. The van der Waals surface area contributed by atoms with Gasteiger partial charge in [-0.05, 0) is 67.1 Å². The molecule has 0 fully saturated rings. The van der Waals surface area contributed by atoms with Crippen molar-refractivity contribution in [3.8, 4) is 6.07 Å². The van der Waals surface area contributed by atoms with E-state index in [1.807, 2.05) is 31.4 Å². The molecule has 0 radical (unpaired) electrons. The smallest absolute Gasteiger partial charge is 0.0991 e. The van der Waals surface area contributed by atoms with E-state index in [-0.39, 0.29) is 6.04 Å². The number of aromatic nitrogens is 2. The highest BCUT2D eigenvalue weighted by molar-refractivity contribution is 5.89. The van der Waals surface area contributed by atoms with Crippen LogP contribution in [0.25, 0.3) is 0 Å². The number of fused-ring (bicyclic) bond motifs is 1. The molecule has 1 aliphatic rings. The number of nitrogens with one attached hydrogen (secondary N) is 3. The molecule has 3 N–H and O–H groups in total. The average Bonchev–Trinajstić information content (AvgIpc) is 3.14. The van der Waals surface area contributed by atoms with Gasteiger partial charge < -0.3 is 16.0 Å². The minimum Gasteiger partial charge on any atom is -0.378 e. The van der Waals surface area contributed by atoms with Crippen molar-refractivity contribution in [2.45, 2.75) is 32.2 Å². The first-order valence-corrected chi connectivity index (χ1v) is 9.77. The third kappa shape index (κ3) is 3.85. The summed E-state index contributed by atoms with van der Waals surface area (Å²) in [6.07, 6.45) is 8.21. The third-order valence-electron chi connectivity index (χ3n) is 5.45. The highest BCUT2D eigenvalue weighted by Gasteiger charge is 2.21. The van der Waals surface area contributed by atoms with Gasteiger partial charge in [0.1, 0.15) is 0 Å². The summed E-state index contributed by atoms with van der Waals surface area (Å²) in [6, 6.07) is 12.5. The summed E-state index contributed by atoms with van der Waals surface area (Å²) in [5, 5.41) is 28.2. The molecule has 146 valence electrons. The Hall–Kier alpha value is -3.59. The maximum atomic E-state index is 9.18. The molecule has 0 aliphatic heterocycles. The van der Waals surface area contributed by atoms with Crippen LogP contribution in [0.15, 0.2) is 42.7 Å². The van der Waals surface area contributed by atoms with Crippen molar-refractivity contribution in [2.24, 2.45) is 7.05 Å². The first-order chi connectivity index (χ1) is 14.1. The molecule has 3 aromatic rings. The number of hydrogen-bond acceptors (Lipinski definition) is 5. The standard InChI is InChI=1S/C23H24N6/c1-15-8-18(12-25)23(27-19-13-26-29(2)14-19)10-22(15)28-21-5-3-4-17-9-16(11-24)6-7-20(17)21/h6-10,12-14,21,25,27-28H,3-5H2,1-2H3. The molecule has 0 saturated heterocycles. The van der Waals surface area contributed by atoms with Crippen LogP contribution in [-0.2, 0) is 13.5 Å². The lowest BCUT2D eigenvalue weighted by Crippen LogP contribution is -2.18. The van der Waals surface area contributed by atoms with Crippen LogP contribution >= 0.6 is 0 Å². The second-order valence-electron chi connectivity index (χ2n) is 7.54. The lowest BCUT2D eigenvalue weighted by atomic mass is 9.86. The van der Waals surface area contributed by atoms with Crippen molar-refractivity contribution in [1.29, 1.82) is 10.7 Å². The zero-order valence-electron chi connectivity index (χ0n) is 16.7. The van der Waals surface area contributed by atoms with Gasteiger partial charge >= 0.3 is 0 Å². The highest BCUT2D eigenvalue weighted by atomic mass is 15.3. The summed E-state index contributed by atoms with van der Waals surface area (Å²) in [7, 11) is 1.88. The normalized spacial score (nSPS) is 15.3. The van der Waals surface area contributed by atoms with Crippen LogP contribution in [0.1, 0.15) is 46.7 Å². The van der Waals surface area contributed by atoms with Gasteiger partial charge in [-0.15, -0.1) is 0 Å². The van der Waals surface area contributed by atoms with Gasteiger partial charge in [-0.3, -0.25) is 4.68 Å². The Labute approximate surface area is 170 Å². The highest BCUT2D eigenvalue weighted by Crippen LogP contribution is 2.35. The van der Waals surface area contributed by atoms with Gasteiger partial charge in [0.2, 0.25) is 0 Å². The summed E-state index contributed by atoms with van der Waals surface area (Å²) >= 11 is 0. The monoisotopic (exact) mass is 384 g/mol. The summed E-state index contributed by atoms with van der Waals surface area (Å²) in [5.41, 5.74) is 7.99. The summed E-state index contributed by atoms with van der Waals surface area (Å²) in [6.45, 7) is 2.06. The van der Waals surface area contributed by atoms with Gasteiger partial charge in [0.15, 0.2) is 0 Å². The van der Waals surface area contributed by atoms with E-state index in [2.05, 4.69) is 40.9 Å². The molecule has 6 nitrogen and oxygen atoms in total. The Bertz CT molecular complexity index is 1110. The van der Waals surface area contributed by atoms with Crippen LogP contribution in [0.5, 0.6) is 0 Å². The largest absolute Gasteiger partial charge is 0.378 e. The van der Waals surface area contributed by atoms with Crippen LogP contribution in [0.2, 0.25) is 0 Å². The number of nitriles is 1. The zero-order chi connectivity index (χ0) is 20.4. The number of nitrogens with zero attached hydrogens (tertiary/aromatic N) is 3. The van der Waals surface area contributed by atoms with Crippen molar-refractivity contribution >= 4 is 23.3 Å².